The molecule has 4 N–H and O–H groups in total. The number of phenols is 1. The highest BCUT2D eigenvalue weighted by Gasteiger charge is 2.22. The number of hydrogen-bond donors (Lipinski definition) is 4. The van der Waals surface area contributed by atoms with Crippen LogP contribution >= 0.6 is 0 Å². The minimum atomic E-state index is -0.875. The van der Waals surface area contributed by atoms with Crippen LogP contribution in [-0.4, -0.2) is 45.7 Å². The molecule has 4 rings (SSSR count). The van der Waals surface area contributed by atoms with Crippen molar-refractivity contribution in [3.8, 4) is 28.0 Å². The third-order valence-electron chi connectivity index (χ3n) is 5.22. The summed E-state index contributed by atoms with van der Waals surface area (Å²) in [5, 5.41) is 32.8. The Kier molecular flexibility index (Phi) is 5.57. The van der Waals surface area contributed by atoms with E-state index in [1.165, 1.54) is 19.1 Å². The van der Waals surface area contributed by atoms with E-state index in [0.29, 0.717) is 29.7 Å². The highest BCUT2D eigenvalue weighted by atomic mass is 19.1. The third-order valence-corrected chi connectivity index (χ3v) is 5.22. The molecule has 2 heterocycles. The predicted molar refractivity (Wildman–Crippen MR) is 115 cm³/mol. The molecule has 2 aromatic carbocycles. The number of hydrogen-bond acceptors (Lipinski definition) is 6. The first kappa shape index (κ1) is 20.1. The van der Waals surface area contributed by atoms with Crippen molar-refractivity contribution < 1.29 is 19.7 Å². The summed E-state index contributed by atoms with van der Waals surface area (Å²) in [6, 6.07) is 13.6. The van der Waals surface area contributed by atoms with Gasteiger partial charge in [-0.25, -0.2) is 9.37 Å². The fourth-order valence-electron chi connectivity index (χ4n) is 3.74. The van der Waals surface area contributed by atoms with Gasteiger partial charge >= 0.3 is 0 Å². The number of anilines is 2. The smallest absolute Gasteiger partial charge is 0.146 e. The van der Waals surface area contributed by atoms with Gasteiger partial charge in [-0.15, -0.1) is 0 Å². The third kappa shape index (κ3) is 4.08. The second kappa shape index (κ2) is 8.30. The lowest BCUT2D eigenvalue weighted by Gasteiger charge is -2.18. The summed E-state index contributed by atoms with van der Waals surface area (Å²) < 4.78 is 14.4. The highest BCUT2D eigenvalue weighted by Crippen LogP contribution is 2.39. The molecular formula is C23H24FN3O3. The normalized spacial score (nSPS) is 17.2. The summed E-state index contributed by atoms with van der Waals surface area (Å²) in [6.07, 6.45) is 1.16. The van der Waals surface area contributed by atoms with Gasteiger partial charge in [0, 0.05) is 30.4 Å². The standard InChI is InChI=1S/C23H24FN3O3/c1-14(28)26-21-6-5-15(11-20(21)24)18-3-2-4-19(23(18)30)16-7-9-25-22(12-16)27-10-8-17(29)13-27/h2-7,9,11-12,14,17,26,28-30H,8,10,13H2,1H3/t14?,17-/m0/s1. The maximum atomic E-state index is 14.4. The first-order valence-corrected chi connectivity index (χ1v) is 9.88. The van der Waals surface area contributed by atoms with Gasteiger partial charge in [-0.1, -0.05) is 24.3 Å². The second-order valence-corrected chi connectivity index (χ2v) is 7.51. The molecule has 1 aliphatic rings. The molecule has 30 heavy (non-hydrogen) atoms. The van der Waals surface area contributed by atoms with Crippen molar-refractivity contribution >= 4 is 11.5 Å². The lowest BCUT2D eigenvalue weighted by Crippen LogP contribution is -2.22. The SMILES string of the molecule is CC(O)Nc1ccc(-c2cccc(-c3ccnc(N4CC[C@H](O)C4)c3)c2O)cc1F. The lowest BCUT2D eigenvalue weighted by atomic mass is 9.97. The van der Waals surface area contributed by atoms with Gasteiger partial charge in [-0.3, -0.25) is 0 Å². The minimum Gasteiger partial charge on any atom is -0.507 e. The van der Waals surface area contributed by atoms with E-state index in [1.54, 1.807) is 24.4 Å². The predicted octanol–water partition coefficient (Wildman–Crippen LogP) is 3.58. The molecule has 0 spiro atoms. The molecule has 1 aromatic heterocycles. The summed E-state index contributed by atoms with van der Waals surface area (Å²) in [5.41, 5.74) is 2.62. The summed E-state index contributed by atoms with van der Waals surface area (Å²) in [6.45, 7) is 2.78. The van der Waals surface area contributed by atoms with Crippen LogP contribution in [0.1, 0.15) is 13.3 Å². The molecule has 0 saturated carbocycles. The minimum absolute atomic E-state index is 0.0479. The van der Waals surface area contributed by atoms with E-state index in [0.717, 1.165) is 17.9 Å². The van der Waals surface area contributed by atoms with Gasteiger partial charge in [0.2, 0.25) is 0 Å². The number of aromatic nitrogens is 1. The average molecular weight is 409 g/mol. The largest absolute Gasteiger partial charge is 0.507 e. The van der Waals surface area contributed by atoms with Gasteiger partial charge < -0.3 is 25.5 Å². The average Bonchev–Trinajstić information content (AvgIpc) is 3.16. The first-order valence-electron chi connectivity index (χ1n) is 9.88. The van der Waals surface area contributed by atoms with Crippen LogP contribution in [0, 0.1) is 5.82 Å². The maximum Gasteiger partial charge on any atom is 0.146 e. The Morgan fingerprint density at radius 3 is 2.50 bits per heavy atom. The van der Waals surface area contributed by atoms with Gasteiger partial charge in [0.15, 0.2) is 0 Å². The Morgan fingerprint density at radius 1 is 1.13 bits per heavy atom. The quantitative estimate of drug-likeness (QED) is 0.482. The van der Waals surface area contributed by atoms with Crippen LogP contribution in [0.25, 0.3) is 22.3 Å². The molecule has 0 amide bonds. The molecular weight excluding hydrogens is 385 g/mol. The first-order chi connectivity index (χ1) is 14.4. The number of phenolic OH excluding ortho intramolecular Hbond substituents is 1. The van der Waals surface area contributed by atoms with Crippen molar-refractivity contribution in [3.05, 3.63) is 60.5 Å². The molecule has 1 aliphatic heterocycles. The molecule has 0 radical (unpaired) electrons. The highest BCUT2D eigenvalue weighted by molar-refractivity contribution is 5.83. The van der Waals surface area contributed by atoms with Crippen LogP contribution in [0.2, 0.25) is 0 Å². The Hall–Kier alpha value is -3.16. The Labute approximate surface area is 174 Å². The number of halogens is 1. The number of aliphatic hydroxyl groups excluding tert-OH is 2. The van der Waals surface area contributed by atoms with Gasteiger partial charge in [0.1, 0.15) is 23.6 Å². The summed E-state index contributed by atoms with van der Waals surface area (Å²) in [4.78, 5) is 6.40. The number of pyridine rings is 1. The van der Waals surface area contributed by atoms with Crippen LogP contribution < -0.4 is 10.2 Å². The Bertz CT molecular complexity index is 1060. The van der Waals surface area contributed by atoms with Crippen molar-refractivity contribution in [2.24, 2.45) is 0 Å². The van der Waals surface area contributed by atoms with Crippen LogP contribution in [0.3, 0.4) is 0 Å². The van der Waals surface area contributed by atoms with Gasteiger partial charge in [0.05, 0.1) is 11.8 Å². The number of nitrogens with one attached hydrogen (secondary N) is 1. The summed E-state index contributed by atoms with van der Waals surface area (Å²) in [5.74, 6) is 0.275. The van der Waals surface area contributed by atoms with E-state index in [1.807, 2.05) is 23.1 Å². The number of benzene rings is 2. The number of para-hydroxylation sites is 1. The van der Waals surface area contributed by atoms with Crippen LogP contribution in [0.4, 0.5) is 15.9 Å². The van der Waals surface area contributed by atoms with E-state index in [9.17, 15) is 19.7 Å². The Balaban J connectivity index is 1.68. The van der Waals surface area contributed by atoms with Crippen molar-refractivity contribution in [2.45, 2.75) is 25.7 Å². The topological polar surface area (TPSA) is 88.9 Å². The molecule has 3 aromatic rings. The van der Waals surface area contributed by atoms with Crippen molar-refractivity contribution in [2.75, 3.05) is 23.3 Å². The zero-order valence-corrected chi connectivity index (χ0v) is 16.6. The molecule has 156 valence electrons. The number of nitrogens with zero attached hydrogens (tertiary/aromatic N) is 2. The van der Waals surface area contributed by atoms with Crippen molar-refractivity contribution in [3.63, 3.8) is 0 Å². The number of β-amino-alcohol motifs (C(OH)–C–C–N with tert-alkyl or cyclic N) is 1. The maximum absolute atomic E-state index is 14.4. The molecule has 1 fully saturated rings. The molecule has 1 unspecified atom stereocenters. The zero-order valence-electron chi connectivity index (χ0n) is 16.6. The van der Waals surface area contributed by atoms with Crippen molar-refractivity contribution in [1.29, 1.82) is 0 Å². The number of aromatic hydroxyl groups is 1. The molecule has 7 heteroatoms. The van der Waals surface area contributed by atoms with Crippen LogP contribution in [0.5, 0.6) is 5.75 Å². The van der Waals surface area contributed by atoms with Crippen LogP contribution in [-0.2, 0) is 0 Å². The fraction of sp³-hybridized carbons (Fsp3) is 0.261. The summed E-state index contributed by atoms with van der Waals surface area (Å²) >= 11 is 0. The van der Waals surface area contributed by atoms with E-state index in [2.05, 4.69) is 10.3 Å². The molecule has 0 aliphatic carbocycles. The molecule has 1 saturated heterocycles. The van der Waals surface area contributed by atoms with E-state index in [4.69, 9.17) is 0 Å². The van der Waals surface area contributed by atoms with Gasteiger partial charge in [-0.2, -0.15) is 0 Å². The second-order valence-electron chi connectivity index (χ2n) is 7.51. The van der Waals surface area contributed by atoms with Gasteiger partial charge in [-0.05, 0) is 48.7 Å². The van der Waals surface area contributed by atoms with E-state index in [-0.39, 0.29) is 17.5 Å². The molecule has 2 atom stereocenters. The summed E-state index contributed by atoms with van der Waals surface area (Å²) in [7, 11) is 0. The number of rotatable bonds is 5. The fourth-order valence-corrected chi connectivity index (χ4v) is 3.74. The lowest BCUT2D eigenvalue weighted by molar-refractivity contribution is 0.198. The van der Waals surface area contributed by atoms with Crippen LogP contribution in [0.15, 0.2) is 54.7 Å². The van der Waals surface area contributed by atoms with Crippen molar-refractivity contribution in [1.82, 2.24) is 4.98 Å². The van der Waals surface area contributed by atoms with Gasteiger partial charge in [0.25, 0.3) is 0 Å². The van der Waals surface area contributed by atoms with E-state index >= 15 is 0 Å². The molecule has 6 nitrogen and oxygen atoms in total. The van der Waals surface area contributed by atoms with E-state index < -0.39 is 12.0 Å². The Morgan fingerprint density at radius 2 is 1.87 bits per heavy atom. The monoisotopic (exact) mass is 409 g/mol. The molecule has 0 bridgehead atoms. The number of aliphatic hydroxyl groups is 2. The zero-order chi connectivity index (χ0) is 21.3.